The van der Waals surface area contributed by atoms with Crippen molar-refractivity contribution in [2.75, 3.05) is 18.4 Å². The van der Waals surface area contributed by atoms with Gasteiger partial charge in [0.2, 0.25) is 12.1 Å². The molecule has 19 heavy (non-hydrogen) atoms. The zero-order chi connectivity index (χ0) is 13.4. The highest BCUT2D eigenvalue weighted by Crippen LogP contribution is 2.30. The smallest absolute Gasteiger partial charge is 0.361 e. The normalized spacial score (nSPS) is 21.5. The van der Waals surface area contributed by atoms with Gasteiger partial charge in [-0.3, -0.25) is 4.57 Å². The maximum Gasteiger partial charge on any atom is 0.406 e. The summed E-state index contributed by atoms with van der Waals surface area (Å²) in [6, 6.07) is 1.12. The lowest BCUT2D eigenvalue weighted by Crippen LogP contribution is -2.40. The zero-order valence-corrected chi connectivity index (χ0v) is 11.1. The van der Waals surface area contributed by atoms with E-state index < -0.39 is 4.92 Å². The lowest BCUT2D eigenvalue weighted by atomic mass is 10.0. The van der Waals surface area contributed by atoms with Crippen LogP contribution in [0, 0.1) is 10.1 Å². The van der Waals surface area contributed by atoms with E-state index in [0.717, 1.165) is 32.0 Å². The molecule has 0 bridgehead atoms. The van der Waals surface area contributed by atoms with E-state index in [-0.39, 0.29) is 5.82 Å². The predicted octanol–water partition coefficient (Wildman–Crippen LogP) is 1.37. The van der Waals surface area contributed by atoms with Crippen LogP contribution >= 0.6 is 0 Å². The average molecular weight is 265 g/mol. The summed E-state index contributed by atoms with van der Waals surface area (Å²) in [5, 5.41) is 14.2. The number of nitrogens with zero attached hydrogens (tertiary/aromatic N) is 4. The van der Waals surface area contributed by atoms with Gasteiger partial charge < -0.3 is 20.3 Å². The summed E-state index contributed by atoms with van der Waals surface area (Å²) in [6.07, 6.45) is 6.24. The summed E-state index contributed by atoms with van der Waals surface area (Å²) in [5.74, 6) is 0.446. The van der Waals surface area contributed by atoms with Gasteiger partial charge in [0, 0.05) is 32.2 Å². The maximum absolute atomic E-state index is 10.9. The molecule has 1 aromatic rings. The largest absolute Gasteiger partial charge is 0.406 e. The fourth-order valence-electron chi connectivity index (χ4n) is 2.76. The summed E-state index contributed by atoms with van der Waals surface area (Å²) in [6.45, 7) is 2.18. The molecule has 0 amide bonds. The highest BCUT2D eigenvalue weighted by molar-refractivity contribution is 5.52. The molecule has 0 unspecified atom stereocenters. The van der Waals surface area contributed by atoms with Crippen molar-refractivity contribution in [3.63, 3.8) is 0 Å². The van der Waals surface area contributed by atoms with Gasteiger partial charge >= 0.3 is 5.82 Å². The van der Waals surface area contributed by atoms with Crippen LogP contribution in [-0.4, -0.2) is 44.5 Å². The molecule has 0 atom stereocenters. The second-order valence-corrected chi connectivity index (χ2v) is 5.47. The third-order valence-electron chi connectivity index (χ3n) is 4.02. The Balaban J connectivity index is 1.62. The molecule has 1 aliphatic heterocycles. The summed E-state index contributed by atoms with van der Waals surface area (Å²) in [7, 11) is 1.78. The second-order valence-electron chi connectivity index (χ2n) is 5.47. The van der Waals surface area contributed by atoms with E-state index in [1.54, 1.807) is 11.6 Å². The first kappa shape index (κ1) is 12.4. The molecule has 7 nitrogen and oxygen atoms in total. The van der Waals surface area contributed by atoms with Gasteiger partial charge in [-0.1, -0.05) is 0 Å². The molecular weight excluding hydrogens is 246 g/mol. The fraction of sp³-hybridized carbons (Fsp3) is 0.750. The van der Waals surface area contributed by atoms with Crippen molar-refractivity contribution in [1.82, 2.24) is 14.5 Å². The molecular formula is C12H19N5O2. The number of hydrogen-bond acceptors (Lipinski definition) is 5. The number of likely N-dealkylation sites (tertiary alicyclic amines) is 1. The quantitative estimate of drug-likeness (QED) is 0.657. The first-order valence-electron chi connectivity index (χ1n) is 6.81. The molecule has 3 rings (SSSR count). The van der Waals surface area contributed by atoms with Crippen LogP contribution in [0.2, 0.25) is 0 Å². The number of aryl methyl sites for hydroxylation is 1. The van der Waals surface area contributed by atoms with E-state index in [9.17, 15) is 10.1 Å². The number of hydrogen-bond donors (Lipinski definition) is 1. The van der Waals surface area contributed by atoms with Crippen molar-refractivity contribution in [3.05, 3.63) is 16.4 Å². The number of piperidine rings is 1. The zero-order valence-electron chi connectivity index (χ0n) is 11.1. The number of imidazole rings is 1. The molecule has 7 heteroatoms. The summed E-state index contributed by atoms with van der Waals surface area (Å²) < 4.78 is 1.69. The van der Waals surface area contributed by atoms with Crippen LogP contribution in [0.3, 0.4) is 0 Å². The van der Waals surface area contributed by atoms with Gasteiger partial charge in [0.15, 0.2) is 0 Å². The maximum atomic E-state index is 10.9. The van der Waals surface area contributed by atoms with Gasteiger partial charge in [-0.25, -0.2) is 0 Å². The van der Waals surface area contributed by atoms with Crippen molar-refractivity contribution < 1.29 is 4.92 Å². The Kier molecular flexibility index (Phi) is 3.14. The number of nitro groups is 1. The van der Waals surface area contributed by atoms with Crippen LogP contribution in [-0.2, 0) is 7.05 Å². The topological polar surface area (TPSA) is 76.2 Å². The van der Waals surface area contributed by atoms with Crippen LogP contribution in [0.5, 0.6) is 0 Å². The Morgan fingerprint density at radius 1 is 1.37 bits per heavy atom. The van der Waals surface area contributed by atoms with Crippen molar-refractivity contribution in [2.45, 2.75) is 37.8 Å². The van der Waals surface area contributed by atoms with Crippen LogP contribution in [0.25, 0.3) is 0 Å². The lowest BCUT2D eigenvalue weighted by Gasteiger charge is -2.32. The van der Waals surface area contributed by atoms with E-state index in [4.69, 9.17) is 0 Å². The number of nitrogens with one attached hydrogen (secondary N) is 1. The molecule has 1 saturated heterocycles. The van der Waals surface area contributed by atoms with Crippen molar-refractivity contribution >= 4 is 11.6 Å². The molecule has 1 N–H and O–H groups in total. The van der Waals surface area contributed by atoms with E-state index in [1.807, 2.05) is 0 Å². The molecule has 2 aliphatic rings. The molecule has 0 aromatic carbocycles. The van der Waals surface area contributed by atoms with Crippen LogP contribution < -0.4 is 5.32 Å². The molecule has 1 aromatic heterocycles. The molecule has 2 fully saturated rings. The molecule has 104 valence electrons. The minimum Gasteiger partial charge on any atom is -0.361 e. The first-order chi connectivity index (χ1) is 9.15. The van der Waals surface area contributed by atoms with Crippen molar-refractivity contribution in [3.8, 4) is 0 Å². The standard InChI is InChI=1S/C12H19N5O2/c1-15-8-13-11(17(18)19)12(15)14-9-4-6-16(7-5-9)10-2-3-10/h8-10,14H,2-7H2,1H3. The van der Waals surface area contributed by atoms with Gasteiger partial charge in [-0.05, 0) is 35.6 Å². The van der Waals surface area contributed by atoms with E-state index >= 15 is 0 Å². The third-order valence-corrected chi connectivity index (χ3v) is 4.02. The summed E-state index contributed by atoms with van der Waals surface area (Å²) in [5.41, 5.74) is 0. The minimum atomic E-state index is -0.429. The summed E-state index contributed by atoms with van der Waals surface area (Å²) in [4.78, 5) is 16.8. The highest BCUT2D eigenvalue weighted by Gasteiger charge is 2.32. The SMILES string of the molecule is Cn1cnc([N+](=O)[O-])c1NC1CCN(C2CC2)CC1. The average Bonchev–Trinajstić information content (AvgIpc) is 3.17. The van der Waals surface area contributed by atoms with E-state index in [0.29, 0.717) is 11.9 Å². The van der Waals surface area contributed by atoms with Crippen LogP contribution in [0.15, 0.2) is 6.33 Å². The van der Waals surface area contributed by atoms with Crippen LogP contribution in [0.1, 0.15) is 25.7 Å². The highest BCUT2D eigenvalue weighted by atomic mass is 16.6. The van der Waals surface area contributed by atoms with Crippen LogP contribution in [0.4, 0.5) is 11.6 Å². The van der Waals surface area contributed by atoms with Gasteiger partial charge in [0.05, 0.1) is 0 Å². The molecule has 0 radical (unpaired) electrons. The predicted molar refractivity (Wildman–Crippen MR) is 71.1 cm³/mol. The van der Waals surface area contributed by atoms with Crippen molar-refractivity contribution in [2.24, 2.45) is 7.05 Å². The Hall–Kier alpha value is -1.63. The van der Waals surface area contributed by atoms with Gasteiger partial charge in [0.1, 0.15) is 0 Å². The van der Waals surface area contributed by atoms with Gasteiger partial charge in [-0.15, -0.1) is 0 Å². The Morgan fingerprint density at radius 3 is 2.63 bits per heavy atom. The third kappa shape index (κ3) is 2.56. The summed E-state index contributed by atoms with van der Waals surface area (Å²) >= 11 is 0. The molecule has 1 saturated carbocycles. The second kappa shape index (κ2) is 4.80. The van der Waals surface area contributed by atoms with Crippen molar-refractivity contribution in [1.29, 1.82) is 0 Å². The van der Waals surface area contributed by atoms with E-state index in [1.165, 1.54) is 19.2 Å². The minimum absolute atomic E-state index is 0.0767. The fourth-order valence-corrected chi connectivity index (χ4v) is 2.76. The lowest BCUT2D eigenvalue weighted by molar-refractivity contribution is -0.388. The first-order valence-corrected chi connectivity index (χ1v) is 6.81. The Labute approximate surface area is 111 Å². The number of rotatable bonds is 4. The monoisotopic (exact) mass is 265 g/mol. The van der Waals surface area contributed by atoms with E-state index in [2.05, 4.69) is 15.2 Å². The van der Waals surface area contributed by atoms with Gasteiger partial charge in [0.25, 0.3) is 0 Å². The molecule has 1 aliphatic carbocycles. The molecule has 2 heterocycles. The number of aromatic nitrogens is 2. The molecule has 0 spiro atoms. The Morgan fingerprint density at radius 2 is 2.05 bits per heavy atom. The van der Waals surface area contributed by atoms with Gasteiger partial charge in [-0.2, -0.15) is 0 Å². The number of anilines is 1. The Bertz CT molecular complexity index is 474.